The van der Waals surface area contributed by atoms with E-state index in [2.05, 4.69) is 15.5 Å². The molecule has 0 aliphatic carbocycles. The first-order valence-electron chi connectivity index (χ1n) is 6.89. The summed E-state index contributed by atoms with van der Waals surface area (Å²) in [4.78, 5) is 15.8. The quantitative estimate of drug-likeness (QED) is 0.695. The molecule has 0 saturated heterocycles. The van der Waals surface area contributed by atoms with Gasteiger partial charge in [-0.25, -0.2) is 5.43 Å². The Balaban J connectivity index is 1.73. The minimum Gasteiger partial charge on any atom is -0.486 e. The Bertz CT molecular complexity index is 714. The van der Waals surface area contributed by atoms with Crippen molar-refractivity contribution in [2.75, 3.05) is 13.2 Å². The Morgan fingerprint density at radius 3 is 2.77 bits per heavy atom. The lowest BCUT2D eigenvalue weighted by atomic mass is 10.1. The summed E-state index contributed by atoms with van der Waals surface area (Å²) in [7, 11) is 0. The molecule has 3 rings (SSSR count). The second-order valence-electron chi connectivity index (χ2n) is 4.74. The Morgan fingerprint density at radius 2 is 2.00 bits per heavy atom. The fourth-order valence-corrected chi connectivity index (χ4v) is 2.03. The van der Waals surface area contributed by atoms with Crippen molar-refractivity contribution in [1.29, 1.82) is 0 Å². The van der Waals surface area contributed by atoms with Gasteiger partial charge in [-0.1, -0.05) is 0 Å². The molecule has 0 saturated carbocycles. The van der Waals surface area contributed by atoms with E-state index in [1.807, 2.05) is 25.1 Å². The highest BCUT2D eigenvalue weighted by Crippen LogP contribution is 2.30. The zero-order chi connectivity index (χ0) is 15.4. The highest BCUT2D eigenvalue weighted by Gasteiger charge is 2.12. The van der Waals surface area contributed by atoms with Crippen LogP contribution in [-0.4, -0.2) is 29.8 Å². The maximum absolute atomic E-state index is 11.9. The van der Waals surface area contributed by atoms with Gasteiger partial charge in [0.05, 0.1) is 11.3 Å². The number of amides is 1. The van der Waals surface area contributed by atoms with Crippen LogP contribution in [0.25, 0.3) is 0 Å². The van der Waals surface area contributed by atoms with Gasteiger partial charge in [0.2, 0.25) is 0 Å². The number of pyridine rings is 1. The molecule has 0 radical (unpaired) electrons. The van der Waals surface area contributed by atoms with Gasteiger partial charge in [-0.2, -0.15) is 5.10 Å². The fraction of sp³-hybridized carbons (Fsp3) is 0.188. The number of hydrogen-bond acceptors (Lipinski definition) is 5. The SMILES string of the molecule is CC(=NNC(=O)c1cccnc1)c1ccc2c(c1)OCCO2. The zero-order valence-corrected chi connectivity index (χ0v) is 12.1. The third-order valence-corrected chi connectivity index (χ3v) is 3.21. The molecule has 112 valence electrons. The number of hydrazone groups is 1. The minimum absolute atomic E-state index is 0.301. The summed E-state index contributed by atoms with van der Waals surface area (Å²) < 4.78 is 11.0. The molecule has 0 fully saturated rings. The maximum Gasteiger partial charge on any atom is 0.272 e. The van der Waals surface area contributed by atoms with Crippen LogP contribution in [0.3, 0.4) is 0 Å². The lowest BCUT2D eigenvalue weighted by molar-refractivity contribution is 0.0954. The Kier molecular flexibility index (Phi) is 4.00. The molecular formula is C16H15N3O3. The smallest absolute Gasteiger partial charge is 0.272 e. The number of nitrogens with one attached hydrogen (secondary N) is 1. The van der Waals surface area contributed by atoms with Gasteiger partial charge in [-0.3, -0.25) is 9.78 Å². The summed E-state index contributed by atoms with van der Waals surface area (Å²) in [5, 5.41) is 4.11. The molecule has 1 aromatic heterocycles. The van der Waals surface area contributed by atoms with Crippen molar-refractivity contribution in [3.63, 3.8) is 0 Å². The molecule has 0 atom stereocenters. The number of carbonyl (C=O) groups excluding carboxylic acids is 1. The monoisotopic (exact) mass is 297 g/mol. The van der Waals surface area contributed by atoms with Crippen molar-refractivity contribution in [2.24, 2.45) is 5.10 Å². The van der Waals surface area contributed by atoms with Crippen molar-refractivity contribution in [3.8, 4) is 11.5 Å². The molecule has 1 aliphatic heterocycles. The van der Waals surface area contributed by atoms with E-state index in [1.54, 1.807) is 18.3 Å². The van der Waals surface area contributed by atoms with E-state index in [1.165, 1.54) is 6.20 Å². The first kappa shape index (κ1) is 14.1. The van der Waals surface area contributed by atoms with Crippen molar-refractivity contribution in [2.45, 2.75) is 6.92 Å². The number of nitrogens with zero attached hydrogens (tertiary/aromatic N) is 2. The summed E-state index contributed by atoms with van der Waals surface area (Å²) >= 11 is 0. The summed E-state index contributed by atoms with van der Waals surface area (Å²) in [5.41, 5.74) is 4.51. The zero-order valence-electron chi connectivity index (χ0n) is 12.1. The molecule has 1 aromatic carbocycles. The van der Waals surface area contributed by atoms with Gasteiger partial charge in [0.15, 0.2) is 11.5 Å². The highest BCUT2D eigenvalue weighted by atomic mass is 16.6. The lowest BCUT2D eigenvalue weighted by Gasteiger charge is -2.18. The number of hydrogen-bond donors (Lipinski definition) is 1. The first-order chi connectivity index (χ1) is 10.7. The summed E-state index contributed by atoms with van der Waals surface area (Å²) in [6.45, 7) is 2.90. The standard InChI is InChI=1S/C16H15N3O3/c1-11(18-19-16(20)13-3-2-6-17-10-13)12-4-5-14-15(9-12)22-8-7-21-14/h2-6,9-10H,7-8H2,1H3,(H,19,20). The topological polar surface area (TPSA) is 72.8 Å². The third kappa shape index (κ3) is 3.06. The minimum atomic E-state index is -0.301. The van der Waals surface area contributed by atoms with Crippen LogP contribution >= 0.6 is 0 Å². The Morgan fingerprint density at radius 1 is 1.18 bits per heavy atom. The second kappa shape index (κ2) is 6.26. The van der Waals surface area contributed by atoms with Gasteiger partial charge in [-0.15, -0.1) is 0 Å². The Hall–Kier alpha value is -2.89. The van der Waals surface area contributed by atoms with Crippen LogP contribution in [0.4, 0.5) is 0 Å². The molecular weight excluding hydrogens is 282 g/mol. The number of rotatable bonds is 3. The van der Waals surface area contributed by atoms with E-state index in [0.29, 0.717) is 30.2 Å². The van der Waals surface area contributed by atoms with Gasteiger partial charge in [0.25, 0.3) is 5.91 Å². The van der Waals surface area contributed by atoms with Crippen molar-refractivity contribution >= 4 is 11.6 Å². The van der Waals surface area contributed by atoms with Crippen LogP contribution in [0.15, 0.2) is 47.8 Å². The molecule has 0 bridgehead atoms. The lowest BCUT2D eigenvalue weighted by Crippen LogP contribution is -2.19. The van der Waals surface area contributed by atoms with E-state index in [-0.39, 0.29) is 5.91 Å². The molecule has 1 N–H and O–H groups in total. The molecule has 6 heteroatoms. The van der Waals surface area contributed by atoms with Crippen molar-refractivity contribution in [1.82, 2.24) is 10.4 Å². The molecule has 6 nitrogen and oxygen atoms in total. The van der Waals surface area contributed by atoms with Crippen LogP contribution in [0, 0.1) is 0 Å². The van der Waals surface area contributed by atoms with Crippen LogP contribution in [-0.2, 0) is 0 Å². The van der Waals surface area contributed by atoms with Crippen LogP contribution < -0.4 is 14.9 Å². The molecule has 1 aliphatic rings. The predicted octanol–water partition coefficient (Wildman–Crippen LogP) is 2.01. The van der Waals surface area contributed by atoms with Crippen LogP contribution in [0.2, 0.25) is 0 Å². The summed E-state index contributed by atoms with van der Waals surface area (Å²) in [6.07, 6.45) is 3.10. The average Bonchev–Trinajstić information content (AvgIpc) is 2.59. The van der Waals surface area contributed by atoms with E-state index < -0.39 is 0 Å². The van der Waals surface area contributed by atoms with E-state index in [4.69, 9.17) is 9.47 Å². The molecule has 0 spiro atoms. The number of aromatic nitrogens is 1. The number of ether oxygens (including phenoxy) is 2. The van der Waals surface area contributed by atoms with Gasteiger partial charge in [0.1, 0.15) is 13.2 Å². The van der Waals surface area contributed by atoms with Crippen LogP contribution in [0.5, 0.6) is 11.5 Å². The third-order valence-electron chi connectivity index (χ3n) is 3.21. The molecule has 1 amide bonds. The number of carbonyl (C=O) groups is 1. The van der Waals surface area contributed by atoms with E-state index in [0.717, 1.165) is 11.3 Å². The first-order valence-corrected chi connectivity index (χ1v) is 6.89. The summed E-state index contributed by atoms with van der Waals surface area (Å²) in [6, 6.07) is 8.95. The Labute approximate surface area is 127 Å². The molecule has 0 unspecified atom stereocenters. The van der Waals surface area contributed by atoms with E-state index in [9.17, 15) is 4.79 Å². The largest absolute Gasteiger partial charge is 0.486 e. The number of benzene rings is 1. The van der Waals surface area contributed by atoms with Gasteiger partial charge >= 0.3 is 0 Å². The predicted molar refractivity (Wildman–Crippen MR) is 81.3 cm³/mol. The van der Waals surface area contributed by atoms with Crippen molar-refractivity contribution < 1.29 is 14.3 Å². The van der Waals surface area contributed by atoms with E-state index >= 15 is 0 Å². The van der Waals surface area contributed by atoms with Crippen molar-refractivity contribution in [3.05, 3.63) is 53.9 Å². The maximum atomic E-state index is 11.9. The van der Waals surface area contributed by atoms with Gasteiger partial charge in [-0.05, 0) is 37.3 Å². The molecule has 2 heterocycles. The van der Waals surface area contributed by atoms with Gasteiger partial charge in [0, 0.05) is 18.0 Å². The number of fused-ring (bicyclic) bond motifs is 1. The van der Waals surface area contributed by atoms with Gasteiger partial charge < -0.3 is 9.47 Å². The molecule has 22 heavy (non-hydrogen) atoms. The summed E-state index contributed by atoms with van der Waals surface area (Å²) in [5.74, 6) is 1.11. The van der Waals surface area contributed by atoms with Crippen LogP contribution in [0.1, 0.15) is 22.8 Å². The second-order valence-corrected chi connectivity index (χ2v) is 4.74. The highest BCUT2D eigenvalue weighted by molar-refractivity contribution is 6.01. The molecule has 2 aromatic rings. The normalized spacial score (nSPS) is 13.6. The fourth-order valence-electron chi connectivity index (χ4n) is 2.03. The average molecular weight is 297 g/mol.